The van der Waals surface area contributed by atoms with E-state index in [1.807, 2.05) is 62.4 Å². The maximum Gasteiger partial charge on any atom is 0.251 e. The summed E-state index contributed by atoms with van der Waals surface area (Å²) in [5.74, 6) is -0.152. The second-order valence-electron chi connectivity index (χ2n) is 7.65. The van der Waals surface area contributed by atoms with Gasteiger partial charge in [0.25, 0.3) is 5.91 Å². The van der Waals surface area contributed by atoms with Crippen LogP contribution in [0, 0.1) is 6.92 Å². The Kier molecular flexibility index (Phi) is 7.13. The number of sulfonamides is 1. The number of anilines is 1. The molecule has 162 valence electrons. The Hall–Kier alpha value is -3.12. The van der Waals surface area contributed by atoms with Crippen molar-refractivity contribution in [2.75, 3.05) is 10.6 Å². The van der Waals surface area contributed by atoms with Gasteiger partial charge in [-0.15, -0.1) is 0 Å². The standard InChI is InChI=1S/C25H28N2O3S/c1-4-24(21-10-6-5-7-11-21)26-25(28)22-15-13-20(14-16-22)18-27(31(3,29)30)23-12-8-9-19(2)17-23/h5-17,24H,4,18H2,1-3H3,(H,26,28)/t24-/m0/s1. The minimum absolute atomic E-state index is 0.0598. The van der Waals surface area contributed by atoms with Crippen LogP contribution in [0.2, 0.25) is 0 Å². The van der Waals surface area contributed by atoms with Gasteiger partial charge in [-0.25, -0.2) is 8.42 Å². The summed E-state index contributed by atoms with van der Waals surface area (Å²) < 4.78 is 26.1. The third-order valence-electron chi connectivity index (χ3n) is 5.15. The number of benzene rings is 3. The Morgan fingerprint density at radius 2 is 1.65 bits per heavy atom. The lowest BCUT2D eigenvalue weighted by Crippen LogP contribution is -2.29. The average Bonchev–Trinajstić information content (AvgIpc) is 2.76. The monoisotopic (exact) mass is 436 g/mol. The van der Waals surface area contributed by atoms with Gasteiger partial charge in [-0.2, -0.15) is 0 Å². The highest BCUT2D eigenvalue weighted by Crippen LogP contribution is 2.22. The Balaban J connectivity index is 1.75. The van der Waals surface area contributed by atoms with E-state index in [2.05, 4.69) is 5.32 Å². The lowest BCUT2D eigenvalue weighted by atomic mass is 10.0. The lowest BCUT2D eigenvalue weighted by Gasteiger charge is -2.23. The Morgan fingerprint density at radius 3 is 2.23 bits per heavy atom. The summed E-state index contributed by atoms with van der Waals surface area (Å²) in [6.45, 7) is 4.16. The number of amides is 1. The smallest absolute Gasteiger partial charge is 0.251 e. The highest BCUT2D eigenvalue weighted by molar-refractivity contribution is 7.92. The van der Waals surface area contributed by atoms with Crippen LogP contribution in [-0.4, -0.2) is 20.6 Å². The Bertz CT molecular complexity index is 1130. The van der Waals surface area contributed by atoms with Gasteiger partial charge >= 0.3 is 0 Å². The second-order valence-corrected chi connectivity index (χ2v) is 9.56. The number of rotatable bonds is 8. The van der Waals surface area contributed by atoms with Gasteiger partial charge in [-0.3, -0.25) is 9.10 Å². The molecule has 1 N–H and O–H groups in total. The van der Waals surface area contributed by atoms with Crippen molar-refractivity contribution in [1.82, 2.24) is 5.32 Å². The van der Waals surface area contributed by atoms with Crippen LogP contribution < -0.4 is 9.62 Å². The highest BCUT2D eigenvalue weighted by atomic mass is 32.2. The number of nitrogens with zero attached hydrogens (tertiary/aromatic N) is 1. The van der Waals surface area contributed by atoms with Gasteiger partial charge in [-0.1, -0.05) is 61.5 Å². The van der Waals surface area contributed by atoms with Crippen molar-refractivity contribution in [3.05, 3.63) is 101 Å². The fourth-order valence-electron chi connectivity index (χ4n) is 3.46. The minimum atomic E-state index is -3.46. The zero-order valence-electron chi connectivity index (χ0n) is 18.1. The largest absolute Gasteiger partial charge is 0.345 e. The van der Waals surface area contributed by atoms with E-state index in [9.17, 15) is 13.2 Å². The van der Waals surface area contributed by atoms with E-state index in [-0.39, 0.29) is 18.5 Å². The summed E-state index contributed by atoms with van der Waals surface area (Å²) in [5.41, 5.74) is 4.02. The van der Waals surface area contributed by atoms with Crippen molar-refractivity contribution in [2.24, 2.45) is 0 Å². The van der Waals surface area contributed by atoms with Crippen molar-refractivity contribution in [3.8, 4) is 0 Å². The number of nitrogens with one attached hydrogen (secondary N) is 1. The summed E-state index contributed by atoms with van der Waals surface area (Å²) in [6, 6.07) is 24.3. The molecule has 1 atom stereocenters. The molecule has 0 bridgehead atoms. The highest BCUT2D eigenvalue weighted by Gasteiger charge is 2.19. The van der Waals surface area contributed by atoms with Crippen LogP contribution in [0.25, 0.3) is 0 Å². The predicted octanol–water partition coefficient (Wildman–Crippen LogP) is 4.84. The molecule has 0 aliphatic heterocycles. The molecule has 31 heavy (non-hydrogen) atoms. The molecule has 0 heterocycles. The molecule has 0 unspecified atom stereocenters. The minimum Gasteiger partial charge on any atom is -0.345 e. The van der Waals surface area contributed by atoms with Gasteiger partial charge < -0.3 is 5.32 Å². The first kappa shape index (κ1) is 22.6. The van der Waals surface area contributed by atoms with E-state index < -0.39 is 10.0 Å². The SMILES string of the molecule is CC[C@H](NC(=O)c1ccc(CN(c2cccc(C)c2)S(C)(=O)=O)cc1)c1ccccc1. The third kappa shape index (κ3) is 5.95. The van der Waals surface area contributed by atoms with Crippen LogP contribution in [0.1, 0.15) is 46.4 Å². The van der Waals surface area contributed by atoms with E-state index in [0.29, 0.717) is 11.3 Å². The van der Waals surface area contributed by atoms with Gasteiger partial charge in [0.1, 0.15) is 0 Å². The van der Waals surface area contributed by atoms with Crippen LogP contribution in [0.15, 0.2) is 78.9 Å². The quantitative estimate of drug-likeness (QED) is 0.549. The normalized spacial score (nSPS) is 12.2. The van der Waals surface area contributed by atoms with Crippen LogP contribution in [0.3, 0.4) is 0 Å². The van der Waals surface area contributed by atoms with E-state index in [1.54, 1.807) is 30.3 Å². The maximum absolute atomic E-state index is 12.7. The summed E-state index contributed by atoms with van der Waals surface area (Å²) in [6.07, 6.45) is 1.99. The van der Waals surface area contributed by atoms with Crippen molar-refractivity contribution >= 4 is 21.6 Å². The first-order valence-electron chi connectivity index (χ1n) is 10.3. The number of carbonyl (C=O) groups is 1. The predicted molar refractivity (Wildman–Crippen MR) is 126 cm³/mol. The van der Waals surface area contributed by atoms with Crippen LogP contribution in [0.4, 0.5) is 5.69 Å². The van der Waals surface area contributed by atoms with Gasteiger partial charge in [-0.05, 0) is 54.3 Å². The van der Waals surface area contributed by atoms with E-state index in [1.165, 1.54) is 10.6 Å². The molecule has 5 nitrogen and oxygen atoms in total. The molecule has 3 aromatic carbocycles. The Morgan fingerprint density at radius 1 is 0.968 bits per heavy atom. The molecule has 3 rings (SSSR count). The van der Waals surface area contributed by atoms with Crippen LogP contribution in [0.5, 0.6) is 0 Å². The number of carbonyl (C=O) groups excluding carboxylic acids is 1. The van der Waals surface area contributed by atoms with E-state index >= 15 is 0 Å². The molecule has 1 amide bonds. The van der Waals surface area contributed by atoms with Gasteiger partial charge in [0.15, 0.2) is 0 Å². The molecule has 3 aromatic rings. The van der Waals surface area contributed by atoms with Crippen molar-refractivity contribution < 1.29 is 13.2 Å². The summed E-state index contributed by atoms with van der Waals surface area (Å²) in [4.78, 5) is 12.7. The van der Waals surface area contributed by atoms with Gasteiger partial charge in [0.2, 0.25) is 10.0 Å². The van der Waals surface area contributed by atoms with Crippen molar-refractivity contribution in [1.29, 1.82) is 0 Å². The summed E-state index contributed by atoms with van der Waals surface area (Å²) in [5, 5.41) is 3.07. The molecule has 0 spiro atoms. The number of hydrogen-bond donors (Lipinski definition) is 1. The summed E-state index contributed by atoms with van der Waals surface area (Å²) >= 11 is 0. The summed E-state index contributed by atoms with van der Waals surface area (Å²) in [7, 11) is -3.46. The topological polar surface area (TPSA) is 66.5 Å². The fraction of sp³-hybridized carbons (Fsp3) is 0.240. The zero-order chi connectivity index (χ0) is 22.4. The van der Waals surface area contributed by atoms with Crippen molar-refractivity contribution in [3.63, 3.8) is 0 Å². The molecule has 0 fully saturated rings. The molecular weight excluding hydrogens is 408 g/mol. The van der Waals surface area contributed by atoms with Crippen LogP contribution >= 0.6 is 0 Å². The number of hydrogen-bond acceptors (Lipinski definition) is 3. The fourth-order valence-corrected chi connectivity index (χ4v) is 4.34. The van der Waals surface area contributed by atoms with Gasteiger partial charge in [0.05, 0.1) is 24.5 Å². The first-order chi connectivity index (χ1) is 14.8. The van der Waals surface area contributed by atoms with Crippen molar-refractivity contribution in [2.45, 2.75) is 32.9 Å². The molecule has 6 heteroatoms. The molecule has 0 aliphatic carbocycles. The molecular formula is C25H28N2O3S. The molecule has 0 saturated heterocycles. The Labute approximate surface area is 184 Å². The van der Waals surface area contributed by atoms with E-state index in [0.717, 1.165) is 23.1 Å². The average molecular weight is 437 g/mol. The first-order valence-corrected chi connectivity index (χ1v) is 12.1. The molecule has 0 saturated carbocycles. The van der Waals surface area contributed by atoms with Gasteiger partial charge in [0, 0.05) is 5.56 Å². The molecule has 0 aliphatic rings. The molecule has 0 aromatic heterocycles. The second kappa shape index (κ2) is 9.79. The van der Waals surface area contributed by atoms with Crippen LogP contribution in [-0.2, 0) is 16.6 Å². The third-order valence-corrected chi connectivity index (χ3v) is 6.29. The maximum atomic E-state index is 12.7. The molecule has 0 radical (unpaired) electrons. The zero-order valence-corrected chi connectivity index (χ0v) is 18.9. The number of aryl methyl sites for hydroxylation is 1. The van der Waals surface area contributed by atoms with E-state index in [4.69, 9.17) is 0 Å². The lowest BCUT2D eigenvalue weighted by molar-refractivity contribution is 0.0935.